The minimum Gasteiger partial charge on any atom is -0.214 e. The molecule has 0 amide bonds. The standard InChI is InChI=1S/C11H13F3O2S/c1-2-3-6-9-7-4-5-8-10(9)17(15,16)11(12,13)14/h4-5,7-8H,2-3,6H2,1H3. The lowest BCUT2D eigenvalue weighted by molar-refractivity contribution is -0.0436. The number of unbranched alkanes of at least 4 members (excludes halogenated alkanes) is 1. The average Bonchev–Trinajstić information content (AvgIpc) is 2.25. The van der Waals surface area contributed by atoms with E-state index in [0.717, 1.165) is 12.5 Å². The van der Waals surface area contributed by atoms with Crippen molar-refractivity contribution in [2.24, 2.45) is 0 Å². The highest BCUT2D eigenvalue weighted by Crippen LogP contribution is 2.32. The van der Waals surface area contributed by atoms with Gasteiger partial charge in [-0.05, 0) is 24.5 Å². The van der Waals surface area contributed by atoms with Gasteiger partial charge in [0, 0.05) is 0 Å². The van der Waals surface area contributed by atoms with Crippen LogP contribution in [0.2, 0.25) is 0 Å². The largest absolute Gasteiger partial charge is 0.501 e. The van der Waals surface area contributed by atoms with E-state index < -0.39 is 20.2 Å². The Morgan fingerprint density at radius 1 is 1.18 bits per heavy atom. The summed E-state index contributed by atoms with van der Waals surface area (Å²) in [6.45, 7) is 1.89. The molecule has 0 aliphatic rings. The summed E-state index contributed by atoms with van der Waals surface area (Å²) in [6, 6.07) is 5.27. The van der Waals surface area contributed by atoms with E-state index in [-0.39, 0.29) is 5.56 Å². The molecule has 96 valence electrons. The molecule has 0 bridgehead atoms. The predicted octanol–water partition coefficient (Wildman–Crippen LogP) is 3.32. The van der Waals surface area contributed by atoms with E-state index in [1.807, 2.05) is 6.92 Å². The second kappa shape index (κ2) is 5.08. The molecule has 0 N–H and O–H groups in total. The van der Waals surface area contributed by atoms with Gasteiger partial charge < -0.3 is 0 Å². The first-order valence-electron chi connectivity index (χ1n) is 5.20. The summed E-state index contributed by atoms with van der Waals surface area (Å²) in [5.41, 5.74) is -5.01. The zero-order valence-electron chi connectivity index (χ0n) is 9.29. The minimum atomic E-state index is -5.24. The van der Waals surface area contributed by atoms with Gasteiger partial charge >= 0.3 is 5.51 Å². The van der Waals surface area contributed by atoms with Gasteiger partial charge in [-0.25, -0.2) is 8.42 Å². The van der Waals surface area contributed by atoms with Crippen molar-refractivity contribution in [3.05, 3.63) is 29.8 Å². The molecule has 1 aromatic carbocycles. The highest BCUT2D eigenvalue weighted by Gasteiger charge is 2.47. The van der Waals surface area contributed by atoms with Crippen LogP contribution in [0.4, 0.5) is 13.2 Å². The number of hydrogen-bond donors (Lipinski definition) is 0. The molecule has 0 unspecified atom stereocenters. The van der Waals surface area contributed by atoms with Gasteiger partial charge in [-0.3, -0.25) is 0 Å². The van der Waals surface area contributed by atoms with Crippen molar-refractivity contribution in [1.82, 2.24) is 0 Å². The summed E-state index contributed by atoms with van der Waals surface area (Å²) in [6.07, 6.45) is 1.78. The van der Waals surface area contributed by atoms with Crippen molar-refractivity contribution < 1.29 is 21.6 Å². The van der Waals surface area contributed by atoms with E-state index in [9.17, 15) is 21.6 Å². The third-order valence-electron chi connectivity index (χ3n) is 2.37. The topological polar surface area (TPSA) is 34.1 Å². The Hall–Kier alpha value is -1.04. The lowest BCUT2D eigenvalue weighted by atomic mass is 10.1. The van der Waals surface area contributed by atoms with Crippen LogP contribution in [0.5, 0.6) is 0 Å². The lowest BCUT2D eigenvalue weighted by Gasteiger charge is -2.12. The quantitative estimate of drug-likeness (QED) is 0.837. The third-order valence-corrected chi connectivity index (χ3v) is 3.95. The van der Waals surface area contributed by atoms with Crippen LogP contribution in [-0.2, 0) is 16.3 Å². The number of halogens is 3. The Morgan fingerprint density at radius 3 is 2.29 bits per heavy atom. The van der Waals surface area contributed by atoms with Gasteiger partial charge in [0.1, 0.15) is 0 Å². The molecule has 6 heteroatoms. The molecule has 0 spiro atoms. The normalized spacial score (nSPS) is 12.7. The molecule has 2 nitrogen and oxygen atoms in total. The van der Waals surface area contributed by atoms with Crippen LogP contribution < -0.4 is 0 Å². The highest BCUT2D eigenvalue weighted by atomic mass is 32.2. The Bertz CT molecular complexity index is 478. The van der Waals surface area contributed by atoms with Gasteiger partial charge in [-0.1, -0.05) is 31.5 Å². The van der Waals surface area contributed by atoms with Crippen molar-refractivity contribution in [2.75, 3.05) is 0 Å². The average molecular weight is 266 g/mol. The van der Waals surface area contributed by atoms with Gasteiger partial charge in [0.15, 0.2) is 0 Å². The van der Waals surface area contributed by atoms with Gasteiger partial charge in [-0.2, -0.15) is 13.2 Å². The third kappa shape index (κ3) is 3.00. The number of aryl methyl sites for hydroxylation is 1. The summed E-state index contributed by atoms with van der Waals surface area (Å²) >= 11 is 0. The number of hydrogen-bond acceptors (Lipinski definition) is 2. The van der Waals surface area contributed by atoms with Crippen molar-refractivity contribution in [1.29, 1.82) is 0 Å². The Balaban J connectivity index is 3.23. The van der Waals surface area contributed by atoms with Gasteiger partial charge in [-0.15, -0.1) is 0 Å². The number of benzene rings is 1. The number of alkyl halides is 3. The van der Waals surface area contributed by atoms with Crippen LogP contribution in [0.3, 0.4) is 0 Å². The summed E-state index contributed by atoms with van der Waals surface area (Å²) in [7, 11) is -5.24. The SMILES string of the molecule is CCCCc1ccccc1S(=O)(=O)C(F)(F)F. The second-order valence-corrected chi connectivity index (χ2v) is 5.57. The van der Waals surface area contributed by atoms with Gasteiger partial charge in [0.05, 0.1) is 4.90 Å². The Kier molecular flexibility index (Phi) is 4.19. The Labute approximate surface area is 98.4 Å². The summed E-state index contributed by atoms with van der Waals surface area (Å²) < 4.78 is 59.9. The van der Waals surface area contributed by atoms with Crippen LogP contribution in [0.15, 0.2) is 29.2 Å². The fourth-order valence-corrected chi connectivity index (χ4v) is 2.49. The molecule has 17 heavy (non-hydrogen) atoms. The fraction of sp³-hybridized carbons (Fsp3) is 0.455. The van der Waals surface area contributed by atoms with E-state index in [0.29, 0.717) is 12.8 Å². The second-order valence-electron chi connectivity index (χ2n) is 3.66. The summed E-state index contributed by atoms with van der Waals surface area (Å²) in [4.78, 5) is -0.624. The maximum atomic E-state index is 12.4. The molecule has 0 radical (unpaired) electrons. The molecule has 0 atom stereocenters. The van der Waals surface area contributed by atoms with Crippen LogP contribution in [0.25, 0.3) is 0 Å². The van der Waals surface area contributed by atoms with E-state index in [1.54, 1.807) is 6.07 Å². The molecular formula is C11H13F3O2S. The monoisotopic (exact) mass is 266 g/mol. The maximum absolute atomic E-state index is 12.4. The van der Waals surface area contributed by atoms with Crippen molar-refractivity contribution >= 4 is 9.84 Å². The van der Waals surface area contributed by atoms with E-state index >= 15 is 0 Å². The van der Waals surface area contributed by atoms with Crippen LogP contribution in [0, 0.1) is 0 Å². The molecule has 0 heterocycles. The molecular weight excluding hydrogens is 253 g/mol. The smallest absolute Gasteiger partial charge is 0.214 e. The molecule has 1 rings (SSSR count). The molecule has 0 saturated carbocycles. The Morgan fingerprint density at radius 2 is 1.76 bits per heavy atom. The van der Waals surface area contributed by atoms with E-state index in [1.165, 1.54) is 12.1 Å². The zero-order chi connectivity index (χ0) is 13.1. The predicted molar refractivity (Wildman–Crippen MR) is 58.3 cm³/mol. The highest BCUT2D eigenvalue weighted by molar-refractivity contribution is 7.92. The fourth-order valence-electron chi connectivity index (χ4n) is 1.46. The first kappa shape index (κ1) is 14.0. The number of rotatable bonds is 4. The molecule has 0 aliphatic carbocycles. The molecule has 0 aliphatic heterocycles. The van der Waals surface area contributed by atoms with Crippen LogP contribution >= 0.6 is 0 Å². The van der Waals surface area contributed by atoms with Crippen LogP contribution in [0.1, 0.15) is 25.3 Å². The molecule has 0 fully saturated rings. The maximum Gasteiger partial charge on any atom is 0.501 e. The van der Waals surface area contributed by atoms with Gasteiger partial charge in [0.25, 0.3) is 9.84 Å². The first-order chi connectivity index (χ1) is 7.80. The molecule has 0 aromatic heterocycles. The number of sulfone groups is 1. The van der Waals surface area contributed by atoms with Crippen molar-refractivity contribution in [3.8, 4) is 0 Å². The molecule has 0 saturated heterocycles. The summed E-state index contributed by atoms with van der Waals surface area (Å²) in [5.74, 6) is 0. The van der Waals surface area contributed by atoms with Crippen molar-refractivity contribution in [3.63, 3.8) is 0 Å². The van der Waals surface area contributed by atoms with Crippen LogP contribution in [-0.4, -0.2) is 13.9 Å². The summed E-state index contributed by atoms with van der Waals surface area (Å²) in [5, 5.41) is 0. The molecule has 1 aromatic rings. The lowest BCUT2D eigenvalue weighted by Crippen LogP contribution is -2.24. The van der Waals surface area contributed by atoms with E-state index in [2.05, 4.69) is 0 Å². The van der Waals surface area contributed by atoms with Crippen molar-refractivity contribution in [2.45, 2.75) is 36.6 Å². The van der Waals surface area contributed by atoms with Gasteiger partial charge in [0.2, 0.25) is 0 Å². The zero-order valence-corrected chi connectivity index (χ0v) is 10.1. The first-order valence-corrected chi connectivity index (χ1v) is 6.68. The van der Waals surface area contributed by atoms with E-state index in [4.69, 9.17) is 0 Å². The minimum absolute atomic E-state index is 0.228.